The number of fused-ring (bicyclic) bond motifs is 2. The Kier molecular flexibility index (Phi) is 1.05. The second-order valence-corrected chi connectivity index (χ2v) is 3.57. The van der Waals surface area contributed by atoms with Gasteiger partial charge in [-0.05, 0) is 32.1 Å². The molecule has 0 amide bonds. The summed E-state index contributed by atoms with van der Waals surface area (Å²) in [6.07, 6.45) is 7.77. The lowest BCUT2D eigenvalue weighted by Crippen LogP contribution is -2.21. The van der Waals surface area contributed by atoms with Crippen molar-refractivity contribution in [3.05, 3.63) is 12.2 Å². The van der Waals surface area contributed by atoms with Crippen molar-refractivity contribution in [3.63, 3.8) is 0 Å². The van der Waals surface area contributed by atoms with E-state index in [1.54, 1.807) is 6.92 Å². The molecule has 0 aliphatic heterocycles. The zero-order valence-electron chi connectivity index (χ0n) is 6.26. The number of rotatable bonds is 1. The van der Waals surface area contributed by atoms with Gasteiger partial charge in [0, 0.05) is 5.41 Å². The summed E-state index contributed by atoms with van der Waals surface area (Å²) in [4.78, 5) is 11.2. The highest BCUT2D eigenvalue weighted by Gasteiger charge is 2.43. The van der Waals surface area contributed by atoms with Crippen LogP contribution in [-0.2, 0) is 4.79 Å². The summed E-state index contributed by atoms with van der Waals surface area (Å²) in [5.41, 5.74) is -0.00926. The third kappa shape index (κ3) is 0.606. The van der Waals surface area contributed by atoms with Crippen LogP contribution in [0.5, 0.6) is 0 Å². The van der Waals surface area contributed by atoms with E-state index in [9.17, 15) is 4.79 Å². The molecule has 2 aliphatic carbocycles. The molecule has 0 aromatic rings. The summed E-state index contributed by atoms with van der Waals surface area (Å²) >= 11 is 0. The van der Waals surface area contributed by atoms with E-state index in [0.717, 1.165) is 18.8 Å². The van der Waals surface area contributed by atoms with Gasteiger partial charge in [0.05, 0.1) is 0 Å². The first kappa shape index (κ1) is 6.14. The van der Waals surface area contributed by atoms with Gasteiger partial charge in [-0.1, -0.05) is 12.2 Å². The Morgan fingerprint density at radius 2 is 2.50 bits per heavy atom. The Bertz CT molecular complexity index is 205. The van der Waals surface area contributed by atoms with Crippen LogP contribution in [0.3, 0.4) is 0 Å². The first-order chi connectivity index (χ1) is 4.73. The minimum atomic E-state index is -0.00926. The van der Waals surface area contributed by atoms with Crippen molar-refractivity contribution >= 4 is 5.78 Å². The average Bonchev–Trinajstić information content (AvgIpc) is 2.45. The number of carbonyl (C=O) groups excluding carboxylic acids is 1. The van der Waals surface area contributed by atoms with Gasteiger partial charge in [-0.15, -0.1) is 0 Å². The summed E-state index contributed by atoms with van der Waals surface area (Å²) < 4.78 is 0. The summed E-state index contributed by atoms with van der Waals surface area (Å²) in [6.45, 7) is 1.72. The third-order valence-corrected chi connectivity index (χ3v) is 2.98. The third-order valence-electron chi connectivity index (χ3n) is 2.98. The molecule has 1 saturated carbocycles. The lowest BCUT2D eigenvalue weighted by molar-refractivity contribution is -0.123. The molecule has 0 aromatic carbocycles. The first-order valence-electron chi connectivity index (χ1n) is 3.93. The molecule has 2 rings (SSSR count). The maximum Gasteiger partial charge on any atom is 0.139 e. The lowest BCUT2D eigenvalue weighted by atomic mass is 9.84. The normalized spacial score (nSPS) is 42.7. The Morgan fingerprint density at radius 1 is 1.70 bits per heavy atom. The van der Waals surface area contributed by atoms with Crippen LogP contribution >= 0.6 is 0 Å². The molecule has 2 atom stereocenters. The number of ketones is 1. The maximum atomic E-state index is 11.2. The minimum absolute atomic E-state index is 0.00926. The van der Waals surface area contributed by atoms with E-state index in [-0.39, 0.29) is 5.41 Å². The molecule has 0 aromatic heterocycles. The van der Waals surface area contributed by atoms with Gasteiger partial charge >= 0.3 is 0 Å². The largest absolute Gasteiger partial charge is 0.299 e. The molecule has 0 saturated heterocycles. The molecule has 0 spiro atoms. The molecule has 0 N–H and O–H groups in total. The lowest BCUT2D eigenvalue weighted by Gasteiger charge is -2.18. The zero-order valence-corrected chi connectivity index (χ0v) is 6.26. The first-order valence-corrected chi connectivity index (χ1v) is 3.93. The fourth-order valence-electron chi connectivity index (χ4n) is 2.19. The summed E-state index contributed by atoms with van der Waals surface area (Å²) in [7, 11) is 0. The topological polar surface area (TPSA) is 17.1 Å². The van der Waals surface area contributed by atoms with E-state index in [2.05, 4.69) is 12.2 Å². The molecule has 2 aliphatic rings. The van der Waals surface area contributed by atoms with E-state index in [1.165, 1.54) is 6.42 Å². The van der Waals surface area contributed by atoms with E-state index in [0.29, 0.717) is 5.78 Å². The van der Waals surface area contributed by atoms with Crippen LogP contribution in [0.15, 0.2) is 12.2 Å². The Balaban J connectivity index is 2.32. The van der Waals surface area contributed by atoms with Crippen molar-refractivity contribution in [1.82, 2.24) is 0 Å². The quantitative estimate of drug-likeness (QED) is 0.503. The molecule has 0 radical (unpaired) electrons. The SMILES string of the molecule is CC(=O)C12C=CC(CC1)C2. The molecule has 1 nitrogen and oxygen atoms in total. The molecule has 1 heteroatoms. The smallest absolute Gasteiger partial charge is 0.139 e. The van der Waals surface area contributed by atoms with E-state index in [1.807, 2.05) is 0 Å². The average molecular weight is 136 g/mol. The fourth-order valence-corrected chi connectivity index (χ4v) is 2.19. The summed E-state index contributed by atoms with van der Waals surface area (Å²) in [5, 5.41) is 0. The molecular formula is C9H12O. The highest BCUT2D eigenvalue weighted by Crippen LogP contribution is 2.49. The van der Waals surface area contributed by atoms with Crippen molar-refractivity contribution in [3.8, 4) is 0 Å². The van der Waals surface area contributed by atoms with Crippen LogP contribution in [-0.4, -0.2) is 5.78 Å². The van der Waals surface area contributed by atoms with Gasteiger partial charge < -0.3 is 0 Å². The molecule has 10 heavy (non-hydrogen) atoms. The van der Waals surface area contributed by atoms with Gasteiger partial charge in [-0.2, -0.15) is 0 Å². The van der Waals surface area contributed by atoms with Gasteiger partial charge in [-0.25, -0.2) is 0 Å². The van der Waals surface area contributed by atoms with E-state index < -0.39 is 0 Å². The fraction of sp³-hybridized carbons (Fsp3) is 0.667. The number of Topliss-reactive ketones (excluding diaryl/α,β-unsaturated/α-hetero) is 1. The highest BCUT2D eigenvalue weighted by atomic mass is 16.1. The standard InChI is InChI=1S/C9H12O/c1-7(10)9-4-2-8(6-9)3-5-9/h2,4,8H,3,5-6H2,1H3. The van der Waals surface area contributed by atoms with Crippen molar-refractivity contribution < 1.29 is 4.79 Å². The van der Waals surface area contributed by atoms with Gasteiger partial charge in [0.25, 0.3) is 0 Å². The molecule has 2 bridgehead atoms. The van der Waals surface area contributed by atoms with Crippen LogP contribution < -0.4 is 0 Å². The van der Waals surface area contributed by atoms with Gasteiger partial charge in [0.15, 0.2) is 0 Å². The van der Waals surface area contributed by atoms with Crippen LogP contribution in [0.1, 0.15) is 26.2 Å². The van der Waals surface area contributed by atoms with Gasteiger partial charge in [0.2, 0.25) is 0 Å². The number of allylic oxidation sites excluding steroid dienone is 2. The number of carbonyl (C=O) groups is 1. The predicted molar refractivity (Wildman–Crippen MR) is 39.6 cm³/mol. The van der Waals surface area contributed by atoms with Crippen LogP contribution in [0, 0.1) is 11.3 Å². The van der Waals surface area contributed by atoms with Crippen molar-refractivity contribution in [2.45, 2.75) is 26.2 Å². The monoisotopic (exact) mass is 136 g/mol. The van der Waals surface area contributed by atoms with E-state index >= 15 is 0 Å². The predicted octanol–water partition coefficient (Wildman–Crippen LogP) is 1.93. The second-order valence-electron chi connectivity index (χ2n) is 3.57. The number of hydrogen-bond acceptors (Lipinski definition) is 1. The van der Waals surface area contributed by atoms with Crippen LogP contribution in [0.4, 0.5) is 0 Å². The molecule has 0 heterocycles. The van der Waals surface area contributed by atoms with E-state index in [4.69, 9.17) is 0 Å². The minimum Gasteiger partial charge on any atom is -0.299 e. The molecular weight excluding hydrogens is 124 g/mol. The molecule has 2 unspecified atom stereocenters. The van der Waals surface area contributed by atoms with Gasteiger partial charge in [-0.3, -0.25) is 4.79 Å². The van der Waals surface area contributed by atoms with Crippen molar-refractivity contribution in [1.29, 1.82) is 0 Å². The van der Waals surface area contributed by atoms with Crippen molar-refractivity contribution in [2.24, 2.45) is 11.3 Å². The van der Waals surface area contributed by atoms with Crippen LogP contribution in [0.2, 0.25) is 0 Å². The summed E-state index contributed by atoms with van der Waals surface area (Å²) in [5.74, 6) is 1.09. The summed E-state index contributed by atoms with van der Waals surface area (Å²) in [6, 6.07) is 0. The van der Waals surface area contributed by atoms with Crippen molar-refractivity contribution in [2.75, 3.05) is 0 Å². The van der Waals surface area contributed by atoms with Crippen LogP contribution in [0.25, 0.3) is 0 Å². The Morgan fingerprint density at radius 3 is 2.70 bits per heavy atom. The number of hydrogen-bond donors (Lipinski definition) is 0. The second kappa shape index (κ2) is 1.71. The van der Waals surface area contributed by atoms with Gasteiger partial charge in [0.1, 0.15) is 5.78 Å². The highest BCUT2D eigenvalue weighted by molar-refractivity contribution is 5.85. The zero-order chi connectivity index (χ0) is 7.19. The molecule has 1 fully saturated rings. The molecule has 54 valence electrons. The Hall–Kier alpha value is -0.590. The maximum absolute atomic E-state index is 11.2. The Labute approximate surface area is 61.1 Å².